The summed E-state index contributed by atoms with van der Waals surface area (Å²) in [7, 11) is 0. The molecule has 1 amide bonds. The van der Waals surface area contributed by atoms with E-state index in [1.54, 1.807) is 30.3 Å². The molecular formula is C26H17F2NO4. The van der Waals surface area contributed by atoms with Gasteiger partial charge in [-0.05, 0) is 60.2 Å². The van der Waals surface area contributed by atoms with Gasteiger partial charge in [-0.3, -0.25) is 14.5 Å². The number of anilines is 1. The molecule has 1 unspecified atom stereocenters. The van der Waals surface area contributed by atoms with Crippen LogP contribution in [0.3, 0.4) is 0 Å². The molecule has 1 aromatic heterocycles. The number of halogens is 2. The van der Waals surface area contributed by atoms with E-state index in [4.69, 9.17) is 9.15 Å². The summed E-state index contributed by atoms with van der Waals surface area (Å²) in [4.78, 5) is 28.2. The Morgan fingerprint density at radius 3 is 2.36 bits per heavy atom. The second-order valence-corrected chi connectivity index (χ2v) is 7.54. The van der Waals surface area contributed by atoms with Gasteiger partial charge in [-0.1, -0.05) is 24.8 Å². The van der Waals surface area contributed by atoms with Crippen molar-refractivity contribution in [1.82, 2.24) is 0 Å². The zero-order chi connectivity index (χ0) is 23.1. The standard InChI is InChI=1S/C26H17F2NO4/c1-2-13-32-19-10-3-15(4-11-19)23-22-24(30)20-14-17(28)7-12-21(20)33-25(22)26(31)29(23)18-8-5-16(27)6-9-18/h2-12,14,23H,1,13H2. The van der Waals surface area contributed by atoms with Crippen LogP contribution in [0.4, 0.5) is 14.5 Å². The third-order valence-corrected chi connectivity index (χ3v) is 5.50. The Balaban J connectivity index is 1.72. The summed E-state index contributed by atoms with van der Waals surface area (Å²) >= 11 is 0. The maximum Gasteiger partial charge on any atom is 0.295 e. The van der Waals surface area contributed by atoms with Gasteiger partial charge in [0.2, 0.25) is 5.76 Å². The van der Waals surface area contributed by atoms with Crippen LogP contribution < -0.4 is 15.1 Å². The molecule has 5 rings (SSSR count). The van der Waals surface area contributed by atoms with Gasteiger partial charge >= 0.3 is 0 Å². The minimum Gasteiger partial charge on any atom is -0.490 e. The summed E-state index contributed by atoms with van der Waals surface area (Å²) < 4.78 is 38.7. The molecule has 0 radical (unpaired) electrons. The van der Waals surface area contributed by atoms with Crippen LogP contribution in [0.25, 0.3) is 11.0 Å². The SMILES string of the molecule is C=CCOc1ccc(C2c3c(oc4ccc(F)cc4c3=O)C(=O)N2c2ccc(F)cc2)cc1. The van der Waals surface area contributed by atoms with Crippen LogP contribution in [-0.4, -0.2) is 12.5 Å². The third-order valence-electron chi connectivity index (χ3n) is 5.50. The molecule has 2 heterocycles. The van der Waals surface area contributed by atoms with Crippen LogP contribution in [0, 0.1) is 11.6 Å². The average Bonchev–Trinajstić information content (AvgIpc) is 3.11. The van der Waals surface area contributed by atoms with Gasteiger partial charge in [-0.25, -0.2) is 8.78 Å². The zero-order valence-electron chi connectivity index (χ0n) is 17.3. The highest BCUT2D eigenvalue weighted by Gasteiger charge is 2.43. The molecule has 0 saturated carbocycles. The monoisotopic (exact) mass is 445 g/mol. The molecule has 164 valence electrons. The van der Waals surface area contributed by atoms with E-state index in [1.807, 2.05) is 0 Å². The Kier molecular flexibility index (Phi) is 5.01. The Morgan fingerprint density at radius 2 is 1.67 bits per heavy atom. The molecule has 5 nitrogen and oxygen atoms in total. The van der Waals surface area contributed by atoms with Gasteiger partial charge in [0.25, 0.3) is 5.91 Å². The largest absolute Gasteiger partial charge is 0.490 e. The van der Waals surface area contributed by atoms with Gasteiger partial charge in [0, 0.05) is 5.69 Å². The smallest absolute Gasteiger partial charge is 0.295 e. The minimum atomic E-state index is -0.852. The Bertz CT molecular complexity index is 1440. The molecule has 33 heavy (non-hydrogen) atoms. The van der Waals surface area contributed by atoms with Crippen molar-refractivity contribution in [2.24, 2.45) is 0 Å². The number of hydrogen-bond acceptors (Lipinski definition) is 4. The van der Waals surface area contributed by atoms with Crippen molar-refractivity contribution in [2.45, 2.75) is 6.04 Å². The van der Waals surface area contributed by atoms with E-state index in [0.717, 1.165) is 12.1 Å². The molecule has 0 spiro atoms. The molecule has 0 fully saturated rings. The van der Waals surface area contributed by atoms with Gasteiger partial charge in [0.15, 0.2) is 5.43 Å². The lowest BCUT2D eigenvalue weighted by atomic mass is 9.98. The van der Waals surface area contributed by atoms with Crippen LogP contribution in [0.1, 0.15) is 27.7 Å². The predicted octanol–water partition coefficient (Wildman–Crippen LogP) is 5.39. The van der Waals surface area contributed by atoms with Crippen molar-refractivity contribution in [3.05, 3.63) is 118 Å². The summed E-state index contributed by atoms with van der Waals surface area (Å²) in [6, 6.07) is 15.0. The first-order valence-corrected chi connectivity index (χ1v) is 10.2. The van der Waals surface area contributed by atoms with Crippen molar-refractivity contribution < 1.29 is 22.7 Å². The lowest BCUT2D eigenvalue weighted by Crippen LogP contribution is -2.29. The van der Waals surface area contributed by atoms with Crippen LogP contribution in [0.2, 0.25) is 0 Å². The zero-order valence-corrected chi connectivity index (χ0v) is 17.3. The Morgan fingerprint density at radius 1 is 0.970 bits per heavy atom. The number of carbonyl (C=O) groups excluding carboxylic acids is 1. The Labute approximate surface area is 187 Å². The molecule has 1 atom stereocenters. The van der Waals surface area contributed by atoms with Crippen molar-refractivity contribution in [3.63, 3.8) is 0 Å². The normalized spacial score (nSPS) is 15.0. The first kappa shape index (κ1) is 20.6. The molecule has 1 aliphatic rings. The molecule has 3 aromatic carbocycles. The molecule has 1 aliphatic heterocycles. The van der Waals surface area contributed by atoms with E-state index >= 15 is 0 Å². The number of benzene rings is 3. The number of carbonyl (C=O) groups is 1. The van der Waals surface area contributed by atoms with Crippen LogP contribution in [0.5, 0.6) is 5.75 Å². The molecule has 0 saturated heterocycles. The van der Waals surface area contributed by atoms with E-state index in [0.29, 0.717) is 23.6 Å². The topological polar surface area (TPSA) is 59.8 Å². The number of rotatable bonds is 5. The van der Waals surface area contributed by atoms with Crippen molar-refractivity contribution >= 4 is 22.6 Å². The number of fused-ring (bicyclic) bond motifs is 2. The lowest BCUT2D eigenvalue weighted by Gasteiger charge is -2.25. The van der Waals surface area contributed by atoms with Gasteiger partial charge in [0.1, 0.15) is 29.6 Å². The quantitative estimate of drug-likeness (QED) is 0.387. The second kappa shape index (κ2) is 8.02. The molecule has 0 aliphatic carbocycles. The molecule has 4 aromatic rings. The highest BCUT2D eigenvalue weighted by Crippen LogP contribution is 2.41. The first-order valence-electron chi connectivity index (χ1n) is 10.2. The van der Waals surface area contributed by atoms with E-state index in [2.05, 4.69) is 6.58 Å². The molecule has 0 N–H and O–H groups in total. The number of amides is 1. The van der Waals surface area contributed by atoms with Gasteiger partial charge in [0.05, 0.1) is 17.0 Å². The highest BCUT2D eigenvalue weighted by molar-refractivity contribution is 6.10. The maximum absolute atomic E-state index is 13.9. The maximum atomic E-state index is 13.9. The van der Waals surface area contributed by atoms with Gasteiger partial charge < -0.3 is 9.15 Å². The van der Waals surface area contributed by atoms with Crippen molar-refractivity contribution in [2.75, 3.05) is 11.5 Å². The van der Waals surface area contributed by atoms with Crippen LogP contribution in [0.15, 0.2) is 88.6 Å². The number of ether oxygens (including phenoxy) is 1. The number of hydrogen-bond donors (Lipinski definition) is 0. The van der Waals surface area contributed by atoms with Gasteiger partial charge in [-0.15, -0.1) is 0 Å². The van der Waals surface area contributed by atoms with Crippen LogP contribution in [-0.2, 0) is 0 Å². The van der Waals surface area contributed by atoms with E-state index in [9.17, 15) is 18.4 Å². The molecule has 7 heteroatoms. The summed E-state index contributed by atoms with van der Waals surface area (Å²) in [5.74, 6) is -1.13. The Hall–Kier alpha value is -4.26. The van der Waals surface area contributed by atoms with E-state index in [-0.39, 0.29) is 22.3 Å². The molecule has 0 bridgehead atoms. The van der Waals surface area contributed by atoms with Crippen molar-refractivity contribution in [1.29, 1.82) is 0 Å². The summed E-state index contributed by atoms with van der Waals surface area (Å²) in [5.41, 5.74) is 0.712. The second-order valence-electron chi connectivity index (χ2n) is 7.54. The summed E-state index contributed by atoms with van der Waals surface area (Å²) in [6.45, 7) is 3.94. The minimum absolute atomic E-state index is 0.0402. The summed E-state index contributed by atoms with van der Waals surface area (Å²) in [5, 5.41) is 0.0402. The number of nitrogens with zero attached hydrogens (tertiary/aromatic N) is 1. The van der Waals surface area contributed by atoms with Crippen LogP contribution >= 0.6 is 0 Å². The third kappa shape index (κ3) is 3.47. The average molecular weight is 445 g/mol. The first-order chi connectivity index (χ1) is 16.0. The predicted molar refractivity (Wildman–Crippen MR) is 120 cm³/mol. The molecular weight excluding hydrogens is 428 g/mol. The van der Waals surface area contributed by atoms with E-state index < -0.39 is 29.0 Å². The fourth-order valence-electron chi connectivity index (χ4n) is 4.03. The van der Waals surface area contributed by atoms with Gasteiger partial charge in [-0.2, -0.15) is 0 Å². The lowest BCUT2D eigenvalue weighted by molar-refractivity contribution is 0.0971. The summed E-state index contributed by atoms with van der Waals surface area (Å²) in [6.07, 6.45) is 1.62. The fraction of sp³-hybridized carbons (Fsp3) is 0.0769. The fourth-order valence-corrected chi connectivity index (χ4v) is 4.03. The van der Waals surface area contributed by atoms with Crippen molar-refractivity contribution in [3.8, 4) is 5.75 Å². The highest BCUT2D eigenvalue weighted by atomic mass is 19.1. The van der Waals surface area contributed by atoms with E-state index in [1.165, 1.54) is 35.2 Å².